The quantitative estimate of drug-likeness (QED) is 0.356. The molecule has 3 rings (SSSR count). The maximum Gasteiger partial charge on any atom is 0.226 e. The second-order valence-corrected chi connectivity index (χ2v) is 7.47. The van der Waals surface area contributed by atoms with E-state index in [0.29, 0.717) is 26.1 Å². The van der Waals surface area contributed by atoms with Crippen molar-refractivity contribution in [2.24, 2.45) is 0 Å². The molecule has 5 nitrogen and oxygen atoms in total. The minimum Gasteiger partial charge on any atom is -0.494 e. The molecule has 0 atom stereocenters. The summed E-state index contributed by atoms with van der Waals surface area (Å²) < 4.78 is 11.4. The molecule has 31 heavy (non-hydrogen) atoms. The van der Waals surface area contributed by atoms with Gasteiger partial charge in [0.1, 0.15) is 18.1 Å². The Hall–Kier alpha value is -3.38. The summed E-state index contributed by atoms with van der Waals surface area (Å²) in [4.78, 5) is 12.1. The molecular formula is C25H26N2O3S. The fraction of sp³-hybridized carbons (Fsp3) is 0.200. The van der Waals surface area contributed by atoms with E-state index < -0.39 is 0 Å². The van der Waals surface area contributed by atoms with Crippen molar-refractivity contribution in [3.63, 3.8) is 0 Å². The highest BCUT2D eigenvalue weighted by molar-refractivity contribution is 7.80. The molecule has 0 aliphatic rings. The van der Waals surface area contributed by atoms with Gasteiger partial charge in [-0.05, 0) is 67.5 Å². The molecule has 0 spiro atoms. The number of aryl methyl sites for hydroxylation is 1. The van der Waals surface area contributed by atoms with Crippen LogP contribution >= 0.6 is 12.2 Å². The molecule has 0 fully saturated rings. The molecule has 0 aromatic heterocycles. The first-order valence-electron chi connectivity index (χ1n) is 10.2. The maximum absolute atomic E-state index is 12.1. The van der Waals surface area contributed by atoms with Crippen molar-refractivity contribution in [1.82, 2.24) is 5.32 Å². The molecule has 160 valence electrons. The van der Waals surface area contributed by atoms with Crippen LogP contribution in [0.2, 0.25) is 0 Å². The summed E-state index contributed by atoms with van der Waals surface area (Å²) in [5, 5.41) is 5.96. The lowest BCUT2D eigenvalue weighted by Gasteiger charge is -2.11. The summed E-state index contributed by atoms with van der Waals surface area (Å²) in [6, 6.07) is 25.2. The number of benzene rings is 3. The molecule has 0 aliphatic heterocycles. The van der Waals surface area contributed by atoms with Crippen LogP contribution in [0.25, 0.3) is 0 Å². The Labute approximate surface area is 188 Å². The van der Waals surface area contributed by atoms with Crippen molar-refractivity contribution in [2.45, 2.75) is 26.4 Å². The normalized spacial score (nSPS) is 10.2. The van der Waals surface area contributed by atoms with Gasteiger partial charge in [-0.3, -0.25) is 4.79 Å². The van der Waals surface area contributed by atoms with E-state index in [9.17, 15) is 4.79 Å². The fourth-order valence-electron chi connectivity index (χ4n) is 2.78. The maximum atomic E-state index is 12.1. The van der Waals surface area contributed by atoms with Crippen molar-refractivity contribution in [3.05, 3.63) is 90.0 Å². The monoisotopic (exact) mass is 434 g/mol. The van der Waals surface area contributed by atoms with Crippen molar-refractivity contribution < 1.29 is 14.3 Å². The largest absolute Gasteiger partial charge is 0.494 e. The number of thiocarbonyl (C=S) groups is 1. The van der Waals surface area contributed by atoms with Crippen LogP contribution in [-0.2, 0) is 11.4 Å². The second-order valence-electron chi connectivity index (χ2n) is 7.07. The number of carbonyl (C=O) groups is 1. The summed E-state index contributed by atoms with van der Waals surface area (Å²) in [6.45, 7) is 3.01. The third-order valence-electron chi connectivity index (χ3n) is 4.45. The molecule has 0 aliphatic carbocycles. The van der Waals surface area contributed by atoms with Crippen LogP contribution in [0, 0.1) is 6.92 Å². The first-order chi connectivity index (χ1) is 15.1. The minimum absolute atomic E-state index is 0.146. The highest BCUT2D eigenvalue weighted by Crippen LogP contribution is 2.17. The number of hydrogen-bond donors (Lipinski definition) is 2. The van der Waals surface area contributed by atoms with Gasteiger partial charge < -0.3 is 20.1 Å². The van der Waals surface area contributed by atoms with Crippen molar-refractivity contribution in [1.29, 1.82) is 0 Å². The zero-order valence-corrected chi connectivity index (χ0v) is 18.3. The van der Waals surface area contributed by atoms with E-state index in [0.717, 1.165) is 22.7 Å². The van der Waals surface area contributed by atoms with Gasteiger partial charge in [0.2, 0.25) is 5.91 Å². The van der Waals surface area contributed by atoms with E-state index in [-0.39, 0.29) is 11.0 Å². The lowest BCUT2D eigenvalue weighted by atomic mass is 10.2. The summed E-state index contributed by atoms with van der Waals surface area (Å²) in [6.07, 6.45) is 0.940. The average Bonchev–Trinajstić information content (AvgIpc) is 2.78. The topological polar surface area (TPSA) is 59.6 Å². The Kier molecular flexibility index (Phi) is 8.43. The summed E-state index contributed by atoms with van der Waals surface area (Å²) in [5.74, 6) is 1.42. The predicted octanol–water partition coefficient (Wildman–Crippen LogP) is 5.25. The second kappa shape index (κ2) is 11.7. The number of anilines is 1. The third kappa shape index (κ3) is 8.10. The van der Waals surface area contributed by atoms with E-state index in [2.05, 4.69) is 10.6 Å². The minimum atomic E-state index is -0.146. The van der Waals surface area contributed by atoms with Crippen molar-refractivity contribution in [3.8, 4) is 11.5 Å². The Morgan fingerprint density at radius 2 is 1.52 bits per heavy atom. The molecule has 3 aromatic carbocycles. The number of carbonyl (C=O) groups excluding carboxylic acids is 1. The smallest absolute Gasteiger partial charge is 0.226 e. The first-order valence-corrected chi connectivity index (χ1v) is 10.6. The Bertz CT molecular complexity index is 974. The Morgan fingerprint density at radius 3 is 2.23 bits per heavy atom. The van der Waals surface area contributed by atoms with E-state index in [1.165, 1.54) is 5.56 Å². The van der Waals surface area contributed by atoms with Crippen LogP contribution in [-0.4, -0.2) is 17.6 Å². The zero-order chi connectivity index (χ0) is 21.9. The number of hydrogen-bond acceptors (Lipinski definition) is 4. The predicted molar refractivity (Wildman–Crippen MR) is 127 cm³/mol. The standard InChI is InChI=1S/C25H26N2O3S/c1-19-9-13-22(14-10-19)29-17-5-8-24(28)27-25(31)26-21-11-15-23(16-12-21)30-18-20-6-3-2-4-7-20/h2-4,6-7,9-16H,5,8,17-18H2,1H3,(H2,26,27,28,31). The first kappa shape index (κ1) is 22.3. The molecular weight excluding hydrogens is 408 g/mol. The van der Waals surface area contributed by atoms with Gasteiger partial charge in [-0.15, -0.1) is 0 Å². The van der Waals surface area contributed by atoms with Gasteiger partial charge in [0.15, 0.2) is 5.11 Å². The molecule has 0 saturated heterocycles. The van der Waals surface area contributed by atoms with Gasteiger partial charge in [0.25, 0.3) is 0 Å². The number of rotatable bonds is 9. The van der Waals surface area contributed by atoms with Crippen LogP contribution in [0.4, 0.5) is 5.69 Å². The van der Waals surface area contributed by atoms with Crippen LogP contribution < -0.4 is 20.1 Å². The highest BCUT2D eigenvalue weighted by atomic mass is 32.1. The molecule has 2 N–H and O–H groups in total. The van der Waals surface area contributed by atoms with E-state index in [4.69, 9.17) is 21.7 Å². The van der Waals surface area contributed by atoms with Crippen molar-refractivity contribution >= 4 is 28.9 Å². The van der Waals surface area contributed by atoms with Gasteiger partial charge in [0.05, 0.1) is 6.61 Å². The van der Waals surface area contributed by atoms with Gasteiger partial charge in [0, 0.05) is 12.1 Å². The molecule has 6 heteroatoms. The molecule has 0 unspecified atom stereocenters. The molecule has 3 aromatic rings. The molecule has 0 saturated carbocycles. The summed E-state index contributed by atoms with van der Waals surface area (Å²) in [5.41, 5.74) is 3.07. The van der Waals surface area contributed by atoms with Crippen LogP contribution in [0.3, 0.4) is 0 Å². The zero-order valence-electron chi connectivity index (χ0n) is 17.5. The fourth-order valence-corrected chi connectivity index (χ4v) is 3.02. The van der Waals surface area contributed by atoms with Gasteiger partial charge in [-0.25, -0.2) is 0 Å². The molecule has 0 heterocycles. The third-order valence-corrected chi connectivity index (χ3v) is 4.66. The Morgan fingerprint density at radius 1 is 0.871 bits per heavy atom. The SMILES string of the molecule is Cc1ccc(OCCCC(=O)NC(=S)Nc2ccc(OCc3ccccc3)cc2)cc1. The lowest BCUT2D eigenvalue weighted by molar-refractivity contribution is -0.119. The molecule has 0 bridgehead atoms. The molecule has 0 radical (unpaired) electrons. The Balaban J connectivity index is 1.33. The van der Waals surface area contributed by atoms with E-state index in [1.807, 2.05) is 85.8 Å². The average molecular weight is 435 g/mol. The van der Waals surface area contributed by atoms with Crippen LogP contribution in [0.5, 0.6) is 11.5 Å². The van der Waals surface area contributed by atoms with E-state index >= 15 is 0 Å². The number of nitrogens with one attached hydrogen (secondary N) is 2. The van der Waals surface area contributed by atoms with E-state index in [1.54, 1.807) is 0 Å². The van der Waals surface area contributed by atoms with Gasteiger partial charge in [-0.1, -0.05) is 48.0 Å². The number of amides is 1. The highest BCUT2D eigenvalue weighted by Gasteiger charge is 2.06. The number of ether oxygens (including phenoxy) is 2. The van der Waals surface area contributed by atoms with Crippen molar-refractivity contribution in [2.75, 3.05) is 11.9 Å². The van der Waals surface area contributed by atoms with Gasteiger partial charge in [-0.2, -0.15) is 0 Å². The lowest BCUT2D eigenvalue weighted by Crippen LogP contribution is -2.34. The summed E-state index contributed by atoms with van der Waals surface area (Å²) >= 11 is 5.22. The molecule has 1 amide bonds. The van der Waals surface area contributed by atoms with Crippen LogP contribution in [0.1, 0.15) is 24.0 Å². The van der Waals surface area contributed by atoms with Gasteiger partial charge >= 0.3 is 0 Å². The summed E-state index contributed by atoms with van der Waals surface area (Å²) in [7, 11) is 0. The van der Waals surface area contributed by atoms with Crippen LogP contribution in [0.15, 0.2) is 78.9 Å².